The Morgan fingerprint density at radius 3 is 1.73 bits per heavy atom. The summed E-state index contributed by atoms with van der Waals surface area (Å²) in [5.74, 6) is 8.69. The standard InChI is InChI=1S/C26H36N2O.C16H27NO3.C11H15NO.C9H13N.C8H15NO2.HO4P.H2/c1-17-2-3-24-20(10-17)4-7-27-26(24)5-8-28(9-6-26)25(29)16-23-21-12-18-11-19(14-21)15-22(23)13-18;18-15(13-14-5-2-1-3-6-14)17-9-7-16(8-10-17)19-11-4-12-20-16;13-6-12-11-9-2-7-1-8(4-9)5-10(11)3-7;1-8-3-2-4-9(7-8)5-6-10;1-6-10-8(11-7-1)2-4-9-5-3-8;1-4-5(2)3;/h2-3,10,18-19,21-23,27H,4-9,11-16H2,1H3;14H,1-13H2;7-11H,1-5H2;2-4,7H,5-6,10H2,1H3;9H,1-7H2;1H;1H. The molecule has 17 rings (SSSR count). The van der Waals surface area contributed by atoms with E-state index in [1.54, 1.807) is 6.08 Å². The van der Waals surface area contributed by atoms with Crippen LogP contribution < -0.4 is 21.3 Å². The Bertz CT molecular complexity index is 2530. The maximum absolute atomic E-state index is 13.3. The van der Waals surface area contributed by atoms with Gasteiger partial charge in [0, 0.05) is 96.0 Å². The van der Waals surface area contributed by atoms with Gasteiger partial charge in [0.15, 0.2) is 11.6 Å². The molecule has 5 N–H and O–H groups in total. The summed E-state index contributed by atoms with van der Waals surface area (Å²) >= 11 is 0. The van der Waals surface area contributed by atoms with Crippen LogP contribution in [0.25, 0.3) is 0 Å². The van der Waals surface area contributed by atoms with Crippen molar-refractivity contribution >= 4 is 26.1 Å². The van der Waals surface area contributed by atoms with Crippen LogP contribution in [0, 0.1) is 73.0 Å². The van der Waals surface area contributed by atoms with Crippen molar-refractivity contribution in [2.24, 2.45) is 69.9 Å². The summed E-state index contributed by atoms with van der Waals surface area (Å²) < 4.78 is 34.6. The second-order valence-electron chi connectivity index (χ2n) is 28.8. The van der Waals surface area contributed by atoms with Gasteiger partial charge >= 0.3 is 8.25 Å². The molecule has 6 aliphatic heterocycles. The summed E-state index contributed by atoms with van der Waals surface area (Å²) in [5.41, 5.74) is 12.5. The second kappa shape index (κ2) is 32.3. The number of hydrogen-bond acceptors (Lipinski definition) is 15. The topological polar surface area (TPSA) is 227 Å². The van der Waals surface area contributed by atoms with Gasteiger partial charge in [-0.15, -0.1) is 0 Å². The molecule has 2 aromatic carbocycles. The fourth-order valence-electron chi connectivity index (χ4n) is 18.9. The molecule has 0 aromatic heterocycles. The highest BCUT2D eigenvalue weighted by atomic mass is 31.1. The molecule has 5 saturated heterocycles. The molecular weight excluding hydrogens is 1130 g/mol. The predicted octanol–water partition coefficient (Wildman–Crippen LogP) is 11.0. The highest BCUT2D eigenvalue weighted by Gasteiger charge is 2.51. The molecule has 18 heteroatoms. The Hall–Kier alpha value is -3.54. The van der Waals surface area contributed by atoms with Crippen molar-refractivity contribution in [1.29, 1.82) is 0 Å². The zero-order valence-electron chi connectivity index (χ0n) is 53.4. The van der Waals surface area contributed by atoms with Crippen LogP contribution in [0.4, 0.5) is 0 Å². The van der Waals surface area contributed by atoms with Crippen molar-refractivity contribution in [2.75, 3.05) is 78.8 Å². The SMILES string of the molecule is C1COC2(CCNCC2)OC1.Cc1ccc2c(c1)CCNC21CCN(C(=O)CC2C3CC4CC(C3)CC2C4)CC1.Cc1cccc(CCN)c1.O=C(CC1CCCCC1)N1CCC2(CC1)OCCCO2.O=C=NC1C2CC3CC(C2)CC1C3.O=[P+]([O-])OO.[HH]. The molecular formula is C70H109N6O11P. The first kappa shape index (κ1) is 67.4. The summed E-state index contributed by atoms with van der Waals surface area (Å²) in [5, 5.41) is 14.2. The third-order valence-corrected chi connectivity index (χ3v) is 23.0. The van der Waals surface area contributed by atoms with Gasteiger partial charge in [0.2, 0.25) is 17.9 Å². The molecule has 8 bridgehead atoms. The molecule has 2 amide bonds. The minimum atomic E-state index is -3.04. The molecule has 2 aromatic rings. The lowest BCUT2D eigenvalue weighted by Gasteiger charge is -2.54. The zero-order valence-corrected chi connectivity index (χ0v) is 54.3. The summed E-state index contributed by atoms with van der Waals surface area (Å²) in [6, 6.07) is 15.8. The number of rotatable bonds is 8. The summed E-state index contributed by atoms with van der Waals surface area (Å²) in [6.07, 6.45) is 33.8. The van der Waals surface area contributed by atoms with E-state index in [9.17, 15) is 14.4 Å². The number of amides is 2. The quantitative estimate of drug-likeness (QED) is 0.0634. The van der Waals surface area contributed by atoms with E-state index in [0.29, 0.717) is 29.7 Å². The minimum Gasteiger partial charge on any atom is -0.565 e. The Labute approximate surface area is 527 Å². The number of isocyanates is 1. The number of nitrogens with zero attached hydrogens (tertiary/aromatic N) is 3. The first-order valence-corrected chi connectivity index (χ1v) is 35.8. The normalized spacial score (nSPS) is 31.7. The molecule has 9 aliphatic carbocycles. The van der Waals surface area contributed by atoms with Gasteiger partial charge in [-0.3, -0.25) is 9.59 Å². The molecule has 9 saturated carbocycles. The van der Waals surface area contributed by atoms with Crippen LogP contribution >= 0.6 is 8.25 Å². The number of benzene rings is 2. The first-order valence-electron chi connectivity index (χ1n) is 34.7. The number of nitrogens with one attached hydrogen (secondary N) is 2. The second-order valence-corrected chi connectivity index (χ2v) is 29.4. The Morgan fingerprint density at radius 1 is 0.693 bits per heavy atom. The minimum absolute atomic E-state index is 0. The molecule has 0 radical (unpaired) electrons. The van der Waals surface area contributed by atoms with Gasteiger partial charge in [-0.05, 0) is 216 Å². The number of carbonyl (C=O) groups excluding carboxylic acids is 3. The molecule has 17 nitrogen and oxygen atoms in total. The molecule has 1 unspecified atom stereocenters. The van der Waals surface area contributed by atoms with Crippen LogP contribution in [-0.4, -0.2) is 129 Å². The third kappa shape index (κ3) is 18.0. The van der Waals surface area contributed by atoms with E-state index in [4.69, 9.17) is 39.4 Å². The van der Waals surface area contributed by atoms with Gasteiger partial charge in [0.25, 0.3) is 0 Å². The lowest BCUT2D eigenvalue weighted by atomic mass is 9.51. The number of carbonyl (C=O) groups is 2. The first-order chi connectivity index (χ1) is 42.7. The number of likely N-dealkylation sites (tertiary alicyclic amines) is 2. The number of aliphatic imine (C=N–C) groups is 1. The van der Waals surface area contributed by atoms with Crippen LogP contribution in [0.5, 0.6) is 0 Å². The van der Waals surface area contributed by atoms with Gasteiger partial charge in [-0.2, -0.15) is 0 Å². The van der Waals surface area contributed by atoms with Crippen molar-refractivity contribution in [2.45, 2.75) is 210 Å². The zero-order chi connectivity index (χ0) is 61.5. The van der Waals surface area contributed by atoms with E-state index >= 15 is 0 Å². The van der Waals surface area contributed by atoms with Crippen molar-refractivity contribution in [3.05, 3.63) is 70.3 Å². The highest BCUT2D eigenvalue weighted by Crippen LogP contribution is 2.58. The number of hydrogen-bond donors (Lipinski definition) is 4. The lowest BCUT2D eigenvalue weighted by molar-refractivity contribution is -0.282. The smallest absolute Gasteiger partial charge is 0.521 e. The van der Waals surface area contributed by atoms with Gasteiger partial charge < -0.3 is 50.0 Å². The molecule has 3 spiro atoms. The van der Waals surface area contributed by atoms with Crippen molar-refractivity contribution in [3.63, 3.8) is 0 Å². The number of fused-ring (bicyclic) bond motifs is 2. The monoisotopic (exact) mass is 1240 g/mol. The van der Waals surface area contributed by atoms with Gasteiger partial charge in [-0.1, -0.05) is 72.9 Å². The average molecular weight is 1240 g/mol. The van der Waals surface area contributed by atoms with Crippen LogP contribution in [0.2, 0.25) is 0 Å². The largest absolute Gasteiger partial charge is 0.565 e. The molecule has 14 fully saturated rings. The van der Waals surface area contributed by atoms with E-state index < -0.39 is 8.25 Å². The van der Waals surface area contributed by atoms with E-state index in [1.807, 2.05) is 4.90 Å². The number of aryl methyl sites for hydroxylation is 2. The average Bonchev–Trinajstić information content (AvgIpc) is 1.62. The van der Waals surface area contributed by atoms with Crippen molar-refractivity contribution in [3.8, 4) is 0 Å². The molecule has 6 heterocycles. The molecule has 1 atom stereocenters. The van der Waals surface area contributed by atoms with Gasteiger partial charge in [0.05, 0.1) is 32.5 Å². The Kier molecular flexibility index (Phi) is 24.8. The summed E-state index contributed by atoms with van der Waals surface area (Å²) in [4.78, 5) is 53.1. The van der Waals surface area contributed by atoms with E-state index in [-0.39, 0.29) is 18.5 Å². The maximum atomic E-state index is 13.3. The number of piperidine rings is 3. The number of nitrogens with two attached hydrogens (primary N) is 1. The predicted molar refractivity (Wildman–Crippen MR) is 339 cm³/mol. The van der Waals surface area contributed by atoms with Crippen molar-refractivity contribution in [1.82, 2.24) is 20.4 Å². The Morgan fingerprint density at radius 2 is 1.20 bits per heavy atom. The van der Waals surface area contributed by atoms with Gasteiger partial charge in [0.1, 0.15) is 0 Å². The fraction of sp³-hybridized carbons (Fsp3) is 0.786. The van der Waals surface area contributed by atoms with E-state index in [1.165, 1.54) is 124 Å². The van der Waals surface area contributed by atoms with Crippen LogP contribution in [0.1, 0.15) is 190 Å². The third-order valence-electron chi connectivity index (χ3n) is 22.9. The maximum Gasteiger partial charge on any atom is 0.521 e. The van der Waals surface area contributed by atoms with Gasteiger partial charge in [-0.25, -0.2) is 15.0 Å². The van der Waals surface area contributed by atoms with Crippen LogP contribution in [0.3, 0.4) is 0 Å². The molecule has 15 aliphatic rings. The molecule has 490 valence electrons. The van der Waals surface area contributed by atoms with Crippen molar-refractivity contribution < 1.29 is 54.1 Å². The Balaban J connectivity index is 0.000000137. The van der Waals surface area contributed by atoms with E-state index in [0.717, 1.165) is 203 Å². The molecule has 88 heavy (non-hydrogen) atoms. The number of ether oxygens (including phenoxy) is 4. The summed E-state index contributed by atoms with van der Waals surface area (Å²) in [6.45, 7) is 14.9. The van der Waals surface area contributed by atoms with Crippen LogP contribution in [0.15, 0.2) is 47.5 Å². The fourth-order valence-corrected chi connectivity index (χ4v) is 18.9. The van der Waals surface area contributed by atoms with E-state index in [2.05, 4.69) is 81.5 Å². The summed E-state index contributed by atoms with van der Waals surface area (Å²) in [7, 11) is -3.04. The lowest BCUT2D eigenvalue weighted by Crippen LogP contribution is -2.55. The van der Waals surface area contributed by atoms with Crippen LogP contribution in [-0.2, 0) is 61.0 Å². The highest BCUT2D eigenvalue weighted by molar-refractivity contribution is 7.30.